The molecule has 1 aliphatic carbocycles. The molecule has 2 aromatic rings. The minimum Gasteiger partial charge on any atom is -0.497 e. The highest BCUT2D eigenvalue weighted by atomic mass is 32.1. The molecule has 5 nitrogen and oxygen atoms in total. The highest BCUT2D eigenvalue weighted by Gasteiger charge is 2.25. The molecule has 2 N–H and O–H groups in total. The number of amides is 1. The van der Waals surface area contributed by atoms with Crippen molar-refractivity contribution < 1.29 is 19.4 Å². The molecule has 1 aromatic heterocycles. The van der Waals surface area contributed by atoms with Crippen molar-refractivity contribution in [2.75, 3.05) is 12.4 Å². The first-order chi connectivity index (χ1) is 12.1. The van der Waals surface area contributed by atoms with E-state index in [2.05, 4.69) is 5.32 Å². The molecule has 0 atom stereocenters. The summed E-state index contributed by atoms with van der Waals surface area (Å²) in [6.45, 7) is 0. The lowest BCUT2D eigenvalue weighted by atomic mass is 9.95. The monoisotopic (exact) mass is 357 g/mol. The molecule has 0 radical (unpaired) electrons. The van der Waals surface area contributed by atoms with Crippen molar-refractivity contribution in [3.05, 3.63) is 51.9 Å². The van der Waals surface area contributed by atoms with E-state index in [0.717, 1.165) is 47.4 Å². The van der Waals surface area contributed by atoms with Gasteiger partial charge in [-0.1, -0.05) is 12.1 Å². The largest absolute Gasteiger partial charge is 0.497 e. The van der Waals surface area contributed by atoms with Crippen LogP contribution in [0.15, 0.2) is 30.3 Å². The molecule has 0 saturated heterocycles. The van der Waals surface area contributed by atoms with Crippen LogP contribution < -0.4 is 10.1 Å². The Morgan fingerprint density at radius 1 is 1.20 bits per heavy atom. The van der Waals surface area contributed by atoms with Crippen LogP contribution in [0.2, 0.25) is 0 Å². The van der Waals surface area contributed by atoms with Gasteiger partial charge in [-0.3, -0.25) is 4.79 Å². The van der Waals surface area contributed by atoms with Crippen LogP contribution in [-0.4, -0.2) is 24.1 Å². The lowest BCUT2D eigenvalue weighted by molar-refractivity contribution is -0.111. The number of carbonyl (C=O) groups is 2. The van der Waals surface area contributed by atoms with Gasteiger partial charge in [-0.25, -0.2) is 4.79 Å². The molecule has 3 rings (SSSR count). The van der Waals surface area contributed by atoms with E-state index in [1.165, 1.54) is 17.4 Å². The first kappa shape index (κ1) is 17.2. The van der Waals surface area contributed by atoms with Gasteiger partial charge < -0.3 is 15.2 Å². The Bertz CT molecular complexity index is 821. The molecule has 0 saturated carbocycles. The Morgan fingerprint density at radius 2 is 1.92 bits per heavy atom. The van der Waals surface area contributed by atoms with Crippen molar-refractivity contribution in [2.45, 2.75) is 25.7 Å². The molecule has 0 fully saturated rings. The molecular weight excluding hydrogens is 338 g/mol. The molecule has 25 heavy (non-hydrogen) atoms. The fraction of sp³-hybridized carbons (Fsp3) is 0.263. The summed E-state index contributed by atoms with van der Waals surface area (Å²) < 4.78 is 5.09. The molecule has 0 aliphatic heterocycles. The number of nitrogens with one attached hydrogen (secondary N) is 1. The van der Waals surface area contributed by atoms with Crippen LogP contribution >= 0.6 is 11.3 Å². The smallest absolute Gasteiger partial charge is 0.339 e. The fourth-order valence-corrected chi connectivity index (χ4v) is 4.20. The van der Waals surface area contributed by atoms with Crippen LogP contribution in [0.25, 0.3) is 6.08 Å². The molecular formula is C19H19NO4S. The summed E-state index contributed by atoms with van der Waals surface area (Å²) in [4.78, 5) is 24.9. The van der Waals surface area contributed by atoms with E-state index >= 15 is 0 Å². The number of carboxylic acids is 1. The maximum atomic E-state index is 12.2. The summed E-state index contributed by atoms with van der Waals surface area (Å²) in [7, 11) is 1.60. The molecule has 1 amide bonds. The van der Waals surface area contributed by atoms with Crippen molar-refractivity contribution in [1.82, 2.24) is 0 Å². The second kappa shape index (κ2) is 7.53. The average molecular weight is 357 g/mol. The third-order valence-electron chi connectivity index (χ3n) is 4.16. The van der Waals surface area contributed by atoms with Gasteiger partial charge in [-0.15, -0.1) is 11.3 Å². The fourth-order valence-electron chi connectivity index (χ4n) is 2.92. The molecule has 130 valence electrons. The predicted molar refractivity (Wildman–Crippen MR) is 98.6 cm³/mol. The van der Waals surface area contributed by atoms with Gasteiger partial charge in [0.2, 0.25) is 5.91 Å². The number of thiophene rings is 1. The average Bonchev–Trinajstić information content (AvgIpc) is 2.98. The highest BCUT2D eigenvalue weighted by molar-refractivity contribution is 7.17. The van der Waals surface area contributed by atoms with Gasteiger partial charge in [0.15, 0.2) is 0 Å². The quantitative estimate of drug-likeness (QED) is 0.794. The molecule has 1 aliphatic rings. The normalized spacial score (nSPS) is 13.5. The second-order valence-corrected chi connectivity index (χ2v) is 6.92. The summed E-state index contributed by atoms with van der Waals surface area (Å²) in [5.41, 5.74) is 2.00. The summed E-state index contributed by atoms with van der Waals surface area (Å²) in [6, 6.07) is 7.31. The zero-order valence-corrected chi connectivity index (χ0v) is 14.7. The van der Waals surface area contributed by atoms with Crippen LogP contribution in [-0.2, 0) is 17.6 Å². The molecule has 0 unspecified atom stereocenters. The Kier molecular flexibility index (Phi) is 5.19. The van der Waals surface area contributed by atoms with E-state index in [1.54, 1.807) is 13.2 Å². The van der Waals surface area contributed by atoms with E-state index < -0.39 is 5.97 Å². The predicted octanol–water partition coefficient (Wildman–Crippen LogP) is 3.99. The number of hydrogen-bond donors (Lipinski definition) is 2. The number of methoxy groups -OCH3 is 1. The Morgan fingerprint density at radius 3 is 2.60 bits per heavy atom. The van der Waals surface area contributed by atoms with Gasteiger partial charge in [-0.05, 0) is 55.0 Å². The molecule has 0 bridgehead atoms. The van der Waals surface area contributed by atoms with Crippen LogP contribution in [0.3, 0.4) is 0 Å². The number of aryl methyl sites for hydroxylation is 1. The van der Waals surface area contributed by atoms with E-state index in [-0.39, 0.29) is 11.5 Å². The molecule has 1 heterocycles. The number of ether oxygens (including phenoxy) is 1. The van der Waals surface area contributed by atoms with Crippen molar-refractivity contribution in [3.63, 3.8) is 0 Å². The van der Waals surface area contributed by atoms with Gasteiger partial charge in [0, 0.05) is 11.0 Å². The van der Waals surface area contributed by atoms with E-state index in [9.17, 15) is 14.7 Å². The van der Waals surface area contributed by atoms with Gasteiger partial charge >= 0.3 is 5.97 Å². The Balaban J connectivity index is 1.75. The Hall–Kier alpha value is -2.60. The SMILES string of the molecule is COc1ccc(C=CC(=O)Nc2sc3c(c2C(=O)O)CCCC3)cc1. The first-order valence-corrected chi connectivity index (χ1v) is 8.91. The van der Waals surface area contributed by atoms with Crippen LogP contribution in [0.1, 0.15) is 39.2 Å². The lowest BCUT2D eigenvalue weighted by Gasteiger charge is -2.10. The van der Waals surface area contributed by atoms with Crippen LogP contribution in [0.5, 0.6) is 5.75 Å². The number of fused-ring (bicyclic) bond motifs is 1. The van der Waals surface area contributed by atoms with Crippen LogP contribution in [0, 0.1) is 0 Å². The maximum Gasteiger partial charge on any atom is 0.339 e. The molecule has 6 heteroatoms. The zero-order valence-electron chi connectivity index (χ0n) is 13.9. The third-order valence-corrected chi connectivity index (χ3v) is 5.37. The summed E-state index contributed by atoms with van der Waals surface area (Å²) in [6.07, 6.45) is 6.81. The van der Waals surface area contributed by atoms with Crippen molar-refractivity contribution in [3.8, 4) is 5.75 Å². The summed E-state index contributed by atoms with van der Waals surface area (Å²) in [5, 5.41) is 12.7. The topological polar surface area (TPSA) is 75.6 Å². The maximum absolute atomic E-state index is 12.2. The Labute approximate surface area is 149 Å². The van der Waals surface area contributed by atoms with Gasteiger partial charge in [0.1, 0.15) is 10.8 Å². The first-order valence-electron chi connectivity index (χ1n) is 8.09. The van der Waals surface area contributed by atoms with Crippen molar-refractivity contribution in [2.24, 2.45) is 0 Å². The van der Waals surface area contributed by atoms with Crippen molar-refractivity contribution >= 4 is 34.3 Å². The van der Waals surface area contributed by atoms with E-state index in [4.69, 9.17) is 4.74 Å². The van der Waals surface area contributed by atoms with Crippen molar-refractivity contribution in [1.29, 1.82) is 0 Å². The number of aromatic carboxylic acids is 1. The number of benzene rings is 1. The number of carboxylic acid groups (broad SMARTS) is 1. The van der Waals surface area contributed by atoms with Gasteiger partial charge in [0.25, 0.3) is 0 Å². The van der Waals surface area contributed by atoms with E-state index in [1.807, 2.05) is 24.3 Å². The van der Waals surface area contributed by atoms with E-state index in [0.29, 0.717) is 5.00 Å². The van der Waals surface area contributed by atoms with Gasteiger partial charge in [0.05, 0.1) is 12.7 Å². The minimum atomic E-state index is -0.978. The molecule has 0 spiro atoms. The molecule has 1 aromatic carbocycles. The number of carbonyl (C=O) groups excluding carboxylic acids is 1. The number of hydrogen-bond acceptors (Lipinski definition) is 4. The second-order valence-electron chi connectivity index (χ2n) is 5.82. The standard InChI is InChI=1S/C19H19NO4S/c1-24-13-9-6-12(7-10-13)8-11-16(21)20-18-17(19(22)23)14-4-2-3-5-15(14)25-18/h6-11H,2-5H2,1H3,(H,20,21)(H,22,23). The lowest BCUT2D eigenvalue weighted by Crippen LogP contribution is -2.11. The zero-order chi connectivity index (χ0) is 17.8. The summed E-state index contributed by atoms with van der Waals surface area (Å²) >= 11 is 1.38. The van der Waals surface area contributed by atoms with Gasteiger partial charge in [-0.2, -0.15) is 0 Å². The number of rotatable bonds is 5. The van der Waals surface area contributed by atoms with Crippen LogP contribution in [0.4, 0.5) is 5.00 Å². The minimum absolute atomic E-state index is 0.255. The highest BCUT2D eigenvalue weighted by Crippen LogP contribution is 2.38. The third kappa shape index (κ3) is 3.91. The summed E-state index contributed by atoms with van der Waals surface area (Å²) in [5.74, 6) is -0.567. The number of anilines is 1.